The molecule has 18 heavy (non-hydrogen) atoms. The van der Waals surface area contributed by atoms with Crippen LogP contribution in [0.4, 0.5) is 0 Å². The lowest BCUT2D eigenvalue weighted by Crippen LogP contribution is -2.36. The van der Waals surface area contributed by atoms with E-state index in [1.807, 2.05) is 0 Å². The number of carboxylic acid groups (broad SMARTS) is 1. The lowest BCUT2D eigenvalue weighted by Gasteiger charge is -2.13. The topological polar surface area (TPSA) is 101 Å². The summed E-state index contributed by atoms with van der Waals surface area (Å²) < 4.78 is 5.14. The molecule has 1 aliphatic rings. The zero-order valence-corrected chi connectivity index (χ0v) is 9.62. The number of amides is 1. The third-order valence-electron chi connectivity index (χ3n) is 2.54. The molecule has 0 saturated heterocycles. The van der Waals surface area contributed by atoms with Crippen LogP contribution in [0, 0.1) is 0 Å². The van der Waals surface area contributed by atoms with Crippen LogP contribution in [-0.2, 0) is 14.4 Å². The number of carbonyl (C=O) groups is 2. The van der Waals surface area contributed by atoms with Crippen molar-refractivity contribution >= 4 is 17.6 Å². The summed E-state index contributed by atoms with van der Waals surface area (Å²) in [4.78, 5) is 27.2. The molecule has 0 bridgehead atoms. The molecule has 1 aromatic heterocycles. The van der Waals surface area contributed by atoms with Crippen LogP contribution in [0.2, 0.25) is 0 Å². The van der Waals surface area contributed by atoms with Gasteiger partial charge in [-0.2, -0.15) is 0 Å². The van der Waals surface area contributed by atoms with E-state index in [1.54, 1.807) is 19.1 Å². The summed E-state index contributed by atoms with van der Waals surface area (Å²) in [6.45, 7) is 1.75. The van der Waals surface area contributed by atoms with Crippen molar-refractivity contribution in [1.29, 1.82) is 0 Å². The number of rotatable bonds is 4. The Morgan fingerprint density at radius 2 is 2.39 bits per heavy atom. The number of hydrogen-bond donors (Lipinski definition) is 2. The normalized spacial score (nSPS) is 19.8. The molecule has 0 radical (unpaired) electrons. The molecule has 7 nitrogen and oxygen atoms in total. The summed E-state index contributed by atoms with van der Waals surface area (Å²) in [5.74, 6) is -0.982. The predicted octanol–water partition coefficient (Wildman–Crippen LogP) is 0.686. The molecule has 1 aliphatic heterocycles. The van der Waals surface area contributed by atoms with Gasteiger partial charge in [0.1, 0.15) is 5.76 Å². The smallest absolute Gasteiger partial charge is 0.353 e. The highest BCUT2D eigenvalue weighted by Gasteiger charge is 2.32. The van der Waals surface area contributed by atoms with Crippen LogP contribution in [-0.4, -0.2) is 28.8 Å². The molecule has 2 N–H and O–H groups in total. The van der Waals surface area contributed by atoms with Gasteiger partial charge in [0.25, 0.3) is 5.91 Å². The van der Waals surface area contributed by atoms with Crippen LogP contribution in [0.3, 0.4) is 0 Å². The second-order valence-corrected chi connectivity index (χ2v) is 3.89. The molecule has 2 unspecified atom stereocenters. The number of furan rings is 1. The van der Waals surface area contributed by atoms with Crippen molar-refractivity contribution in [3.8, 4) is 0 Å². The molecule has 0 fully saturated rings. The minimum atomic E-state index is -1.18. The van der Waals surface area contributed by atoms with Gasteiger partial charge in [-0.25, -0.2) is 4.79 Å². The van der Waals surface area contributed by atoms with E-state index in [0.717, 1.165) is 0 Å². The van der Waals surface area contributed by atoms with Gasteiger partial charge in [0.15, 0.2) is 5.71 Å². The molecule has 2 atom stereocenters. The third kappa shape index (κ3) is 2.50. The Morgan fingerprint density at radius 3 is 2.94 bits per heavy atom. The van der Waals surface area contributed by atoms with Crippen molar-refractivity contribution in [2.75, 3.05) is 0 Å². The molecule has 7 heteroatoms. The van der Waals surface area contributed by atoms with Gasteiger partial charge in [0, 0.05) is 6.42 Å². The number of nitrogens with one attached hydrogen (secondary N) is 1. The third-order valence-corrected chi connectivity index (χ3v) is 2.54. The summed E-state index contributed by atoms with van der Waals surface area (Å²) in [5.41, 5.74) is -0.152. The Balaban J connectivity index is 1.89. The summed E-state index contributed by atoms with van der Waals surface area (Å²) in [6, 6.07) is 3.14. The van der Waals surface area contributed by atoms with Gasteiger partial charge in [-0.3, -0.25) is 4.79 Å². The number of carboxylic acids is 1. The van der Waals surface area contributed by atoms with Gasteiger partial charge >= 0.3 is 5.97 Å². The fraction of sp³-hybridized carbons (Fsp3) is 0.364. The van der Waals surface area contributed by atoms with E-state index in [1.165, 1.54) is 6.26 Å². The first-order chi connectivity index (χ1) is 8.58. The summed E-state index contributed by atoms with van der Waals surface area (Å²) in [6.07, 6.45) is 0.579. The van der Waals surface area contributed by atoms with E-state index >= 15 is 0 Å². The molecule has 0 aliphatic carbocycles. The first-order valence-corrected chi connectivity index (χ1v) is 5.37. The first kappa shape index (κ1) is 12.2. The monoisotopic (exact) mass is 252 g/mol. The average Bonchev–Trinajstić information content (AvgIpc) is 3.00. The van der Waals surface area contributed by atoms with E-state index in [-0.39, 0.29) is 18.2 Å². The van der Waals surface area contributed by atoms with E-state index < -0.39 is 18.0 Å². The Morgan fingerprint density at radius 1 is 1.61 bits per heavy atom. The number of oxime groups is 1. The van der Waals surface area contributed by atoms with E-state index in [9.17, 15) is 9.59 Å². The molecule has 0 saturated carbocycles. The molecule has 0 aromatic carbocycles. The van der Waals surface area contributed by atoms with Crippen LogP contribution in [0.1, 0.15) is 25.1 Å². The molecule has 0 spiro atoms. The van der Waals surface area contributed by atoms with Crippen LogP contribution in [0.5, 0.6) is 0 Å². The van der Waals surface area contributed by atoms with Crippen molar-refractivity contribution in [2.24, 2.45) is 5.16 Å². The molecule has 1 amide bonds. The lowest BCUT2D eigenvalue weighted by molar-refractivity contribution is -0.132. The maximum absolute atomic E-state index is 11.8. The van der Waals surface area contributed by atoms with Gasteiger partial charge in [-0.1, -0.05) is 5.16 Å². The van der Waals surface area contributed by atoms with Crippen molar-refractivity contribution < 1.29 is 24.0 Å². The summed E-state index contributed by atoms with van der Waals surface area (Å²) >= 11 is 0. The largest absolute Gasteiger partial charge is 0.477 e. The highest BCUT2D eigenvalue weighted by Crippen LogP contribution is 2.15. The van der Waals surface area contributed by atoms with Gasteiger partial charge in [-0.05, 0) is 19.1 Å². The maximum atomic E-state index is 11.8. The predicted molar refractivity (Wildman–Crippen MR) is 59.8 cm³/mol. The van der Waals surface area contributed by atoms with Crippen molar-refractivity contribution in [1.82, 2.24) is 5.32 Å². The molecule has 96 valence electrons. The Bertz CT molecular complexity index is 480. The zero-order chi connectivity index (χ0) is 13.1. The van der Waals surface area contributed by atoms with Crippen LogP contribution in [0.25, 0.3) is 0 Å². The highest BCUT2D eigenvalue weighted by molar-refractivity contribution is 6.36. The van der Waals surface area contributed by atoms with Gasteiger partial charge in [-0.15, -0.1) is 0 Å². The van der Waals surface area contributed by atoms with Crippen LogP contribution < -0.4 is 5.32 Å². The standard InChI is InChI=1S/C11H12N2O5/c1-6(8-3-2-4-17-8)12-10(14)9-5-7(11(15)16)13-18-9/h2-4,6,9H,5H2,1H3,(H,12,14)(H,15,16). The Hall–Kier alpha value is -2.31. The SMILES string of the molecule is CC(NC(=O)C1CC(C(=O)O)=NO1)c1ccco1. The molecular weight excluding hydrogens is 240 g/mol. The van der Waals surface area contributed by atoms with E-state index in [4.69, 9.17) is 14.4 Å². The number of hydrogen-bond acceptors (Lipinski definition) is 5. The fourth-order valence-corrected chi connectivity index (χ4v) is 1.56. The average molecular weight is 252 g/mol. The molecule has 1 aromatic rings. The Kier molecular flexibility index (Phi) is 3.31. The molecule has 2 heterocycles. The van der Waals surface area contributed by atoms with Gasteiger partial charge in [0.2, 0.25) is 6.10 Å². The zero-order valence-electron chi connectivity index (χ0n) is 9.62. The highest BCUT2D eigenvalue weighted by atomic mass is 16.6. The molecule has 2 rings (SSSR count). The maximum Gasteiger partial charge on any atom is 0.353 e. The van der Waals surface area contributed by atoms with Crippen molar-refractivity contribution in [3.63, 3.8) is 0 Å². The van der Waals surface area contributed by atoms with Crippen LogP contribution >= 0.6 is 0 Å². The number of carbonyl (C=O) groups excluding carboxylic acids is 1. The Labute approximate surface area is 102 Å². The molecular formula is C11H12N2O5. The van der Waals surface area contributed by atoms with E-state index in [2.05, 4.69) is 10.5 Å². The van der Waals surface area contributed by atoms with Crippen LogP contribution in [0.15, 0.2) is 28.0 Å². The first-order valence-electron chi connectivity index (χ1n) is 5.37. The summed E-state index contributed by atoms with van der Waals surface area (Å²) in [5, 5.41) is 14.7. The minimum Gasteiger partial charge on any atom is -0.477 e. The van der Waals surface area contributed by atoms with Gasteiger partial charge < -0.3 is 19.7 Å². The minimum absolute atomic E-state index is 0.0357. The fourth-order valence-electron chi connectivity index (χ4n) is 1.56. The lowest BCUT2D eigenvalue weighted by atomic mass is 10.1. The van der Waals surface area contributed by atoms with E-state index in [0.29, 0.717) is 5.76 Å². The second kappa shape index (κ2) is 4.91. The van der Waals surface area contributed by atoms with Crippen molar-refractivity contribution in [3.05, 3.63) is 24.2 Å². The second-order valence-electron chi connectivity index (χ2n) is 3.89. The summed E-state index contributed by atoms with van der Waals surface area (Å²) in [7, 11) is 0. The van der Waals surface area contributed by atoms with Crippen molar-refractivity contribution in [2.45, 2.75) is 25.5 Å². The quantitative estimate of drug-likeness (QED) is 0.820. The number of aliphatic carboxylic acids is 1. The van der Waals surface area contributed by atoms with Gasteiger partial charge in [0.05, 0.1) is 12.3 Å². The number of nitrogens with zero attached hydrogens (tertiary/aromatic N) is 1.